The molecule has 0 unspecified atom stereocenters. The number of alkyl halides is 3. The van der Waals surface area contributed by atoms with Crippen molar-refractivity contribution in [3.63, 3.8) is 0 Å². The van der Waals surface area contributed by atoms with E-state index in [4.69, 9.17) is 5.11 Å². The second kappa shape index (κ2) is 8.11. The van der Waals surface area contributed by atoms with Gasteiger partial charge in [0.2, 0.25) is 5.91 Å². The van der Waals surface area contributed by atoms with Gasteiger partial charge in [0.05, 0.1) is 12.1 Å². The highest BCUT2D eigenvalue weighted by Crippen LogP contribution is 2.51. The van der Waals surface area contributed by atoms with Crippen molar-refractivity contribution in [2.24, 2.45) is 5.92 Å². The van der Waals surface area contributed by atoms with Crippen LogP contribution in [0.25, 0.3) is 0 Å². The topological polar surface area (TPSA) is 60.9 Å². The number of carbonyl (C=O) groups excluding carboxylic acids is 1. The molecule has 1 aliphatic carbocycles. The summed E-state index contributed by atoms with van der Waals surface area (Å²) in [7, 11) is 1.77. The molecule has 3 rings (SSSR count). The maximum atomic E-state index is 13.2. The lowest BCUT2D eigenvalue weighted by Crippen LogP contribution is -2.37. The molecule has 0 spiro atoms. The van der Waals surface area contributed by atoms with Crippen molar-refractivity contribution >= 4 is 11.9 Å². The van der Waals surface area contributed by atoms with E-state index in [2.05, 4.69) is 0 Å². The quantitative estimate of drug-likeness (QED) is 0.828. The molecule has 1 saturated carbocycles. The normalized spacial score (nSPS) is 25.5. The summed E-state index contributed by atoms with van der Waals surface area (Å²) in [6.07, 6.45) is -1.73. The number of carboxylic acid groups (broad SMARTS) is 1. The molecule has 1 N–H and O–H groups in total. The van der Waals surface area contributed by atoms with Crippen LogP contribution in [0, 0.1) is 5.92 Å². The van der Waals surface area contributed by atoms with Gasteiger partial charge in [-0.1, -0.05) is 18.2 Å². The third-order valence-electron chi connectivity index (χ3n) is 5.79. The van der Waals surface area contributed by atoms with Crippen molar-refractivity contribution in [2.75, 3.05) is 26.7 Å². The van der Waals surface area contributed by atoms with E-state index in [1.807, 2.05) is 0 Å². The second-order valence-electron chi connectivity index (χ2n) is 7.75. The van der Waals surface area contributed by atoms with Gasteiger partial charge in [0.1, 0.15) is 0 Å². The van der Waals surface area contributed by atoms with Crippen LogP contribution in [0.3, 0.4) is 0 Å². The Morgan fingerprint density at radius 1 is 1.21 bits per heavy atom. The molecule has 5 nitrogen and oxygen atoms in total. The average Bonchev–Trinajstić information content (AvgIpc) is 3.43. The summed E-state index contributed by atoms with van der Waals surface area (Å²) in [5.41, 5.74) is -0.441. The Morgan fingerprint density at radius 3 is 2.61 bits per heavy atom. The van der Waals surface area contributed by atoms with Crippen molar-refractivity contribution in [1.29, 1.82) is 0 Å². The summed E-state index contributed by atoms with van der Waals surface area (Å²) < 4.78 is 39.7. The van der Waals surface area contributed by atoms with Crippen molar-refractivity contribution in [2.45, 2.75) is 43.8 Å². The maximum absolute atomic E-state index is 13.2. The lowest BCUT2D eigenvalue weighted by Gasteiger charge is -2.25. The van der Waals surface area contributed by atoms with Crippen LogP contribution in [0.5, 0.6) is 0 Å². The molecule has 28 heavy (non-hydrogen) atoms. The average molecular weight is 398 g/mol. The van der Waals surface area contributed by atoms with E-state index in [0.717, 1.165) is 18.9 Å². The van der Waals surface area contributed by atoms with Gasteiger partial charge in [0.25, 0.3) is 0 Å². The van der Waals surface area contributed by atoms with E-state index in [1.165, 1.54) is 12.1 Å². The minimum absolute atomic E-state index is 0.0441. The van der Waals surface area contributed by atoms with Gasteiger partial charge in [-0.05, 0) is 50.3 Å². The minimum Gasteiger partial charge on any atom is -0.480 e. The number of hydrogen-bond donors (Lipinski definition) is 1. The third kappa shape index (κ3) is 4.66. The van der Waals surface area contributed by atoms with Crippen molar-refractivity contribution in [3.05, 3.63) is 35.4 Å². The highest BCUT2D eigenvalue weighted by molar-refractivity contribution is 5.83. The number of rotatable bonds is 5. The van der Waals surface area contributed by atoms with Crippen molar-refractivity contribution < 1.29 is 27.9 Å². The Labute approximate surface area is 162 Å². The lowest BCUT2D eigenvalue weighted by molar-refractivity contribution is -0.139. The van der Waals surface area contributed by atoms with E-state index in [9.17, 15) is 22.8 Å². The molecule has 154 valence electrons. The zero-order chi connectivity index (χ0) is 20.5. The van der Waals surface area contributed by atoms with E-state index >= 15 is 0 Å². The highest BCUT2D eigenvalue weighted by atomic mass is 19.4. The molecule has 1 aromatic rings. The Balaban J connectivity index is 1.62. The molecule has 1 heterocycles. The molecule has 1 amide bonds. The predicted molar refractivity (Wildman–Crippen MR) is 96.8 cm³/mol. The molecule has 3 atom stereocenters. The number of halogens is 3. The fourth-order valence-electron chi connectivity index (χ4n) is 4.21. The molecule has 2 aliphatic rings. The maximum Gasteiger partial charge on any atom is 0.416 e. The first kappa shape index (κ1) is 20.6. The highest BCUT2D eigenvalue weighted by Gasteiger charge is 2.49. The monoisotopic (exact) mass is 398 g/mol. The Bertz CT molecular complexity index is 738. The standard InChI is InChI=1S/C20H25F3N2O3/c1-24(12-18(26)27)13-5-4-9-25(10-8-13)19(28)16-11-15(16)14-6-2-3-7-17(14)20(21,22)23/h2-3,6-7,13,15-16H,4-5,8-12H2,1H3,(H,26,27)/t13-,15+,16+/m1/s1. The van der Waals surface area contributed by atoms with Gasteiger partial charge in [-0.3, -0.25) is 14.5 Å². The van der Waals surface area contributed by atoms with Crippen LogP contribution in [-0.2, 0) is 15.8 Å². The Kier molecular flexibility index (Phi) is 5.98. The number of likely N-dealkylation sites (N-methyl/N-ethyl adjacent to an activating group) is 1. The van der Waals surface area contributed by atoms with Crippen molar-refractivity contribution in [3.8, 4) is 0 Å². The molecule has 1 aliphatic heterocycles. The van der Waals surface area contributed by atoms with E-state index in [0.29, 0.717) is 25.9 Å². The summed E-state index contributed by atoms with van der Waals surface area (Å²) in [5.74, 6) is -1.73. The van der Waals surface area contributed by atoms with Crippen LogP contribution in [0.1, 0.15) is 42.7 Å². The number of nitrogens with zero attached hydrogens (tertiary/aromatic N) is 2. The predicted octanol–water partition coefficient (Wildman–Crippen LogP) is 3.21. The van der Waals surface area contributed by atoms with Gasteiger partial charge in [-0.15, -0.1) is 0 Å². The molecule has 0 bridgehead atoms. The molecule has 0 radical (unpaired) electrons. The molecule has 1 saturated heterocycles. The number of carbonyl (C=O) groups is 2. The smallest absolute Gasteiger partial charge is 0.416 e. The summed E-state index contributed by atoms with van der Waals surface area (Å²) in [5, 5.41) is 8.94. The van der Waals surface area contributed by atoms with Crippen LogP contribution in [0.15, 0.2) is 24.3 Å². The van der Waals surface area contributed by atoms with Gasteiger partial charge in [-0.25, -0.2) is 0 Å². The minimum atomic E-state index is -4.42. The lowest BCUT2D eigenvalue weighted by atomic mass is 10.0. The van der Waals surface area contributed by atoms with Crippen LogP contribution < -0.4 is 0 Å². The fourth-order valence-corrected chi connectivity index (χ4v) is 4.21. The summed E-state index contributed by atoms with van der Waals surface area (Å²) in [6.45, 7) is 1.04. The largest absolute Gasteiger partial charge is 0.480 e. The Morgan fingerprint density at radius 2 is 1.93 bits per heavy atom. The molecular formula is C20H25F3N2O3. The van der Waals surface area contributed by atoms with Gasteiger partial charge in [0, 0.05) is 25.0 Å². The first-order chi connectivity index (χ1) is 13.2. The van der Waals surface area contributed by atoms with Crippen LogP contribution in [-0.4, -0.2) is 59.5 Å². The molecule has 0 aromatic heterocycles. The van der Waals surface area contributed by atoms with E-state index < -0.39 is 23.6 Å². The van der Waals surface area contributed by atoms with Gasteiger partial charge in [0.15, 0.2) is 0 Å². The number of aliphatic carboxylic acids is 1. The second-order valence-corrected chi connectivity index (χ2v) is 7.75. The van der Waals surface area contributed by atoms with Gasteiger partial charge >= 0.3 is 12.1 Å². The molecular weight excluding hydrogens is 373 g/mol. The first-order valence-corrected chi connectivity index (χ1v) is 9.55. The Hall–Kier alpha value is -2.09. The number of hydrogen-bond acceptors (Lipinski definition) is 3. The third-order valence-corrected chi connectivity index (χ3v) is 5.79. The summed E-state index contributed by atoms with van der Waals surface area (Å²) in [6, 6.07) is 5.59. The van der Waals surface area contributed by atoms with Crippen LogP contribution in [0.2, 0.25) is 0 Å². The molecule has 2 fully saturated rings. The van der Waals surface area contributed by atoms with E-state index in [-0.39, 0.29) is 30.0 Å². The first-order valence-electron chi connectivity index (χ1n) is 9.55. The van der Waals surface area contributed by atoms with Gasteiger partial charge < -0.3 is 10.0 Å². The van der Waals surface area contributed by atoms with Gasteiger partial charge in [-0.2, -0.15) is 13.2 Å². The summed E-state index contributed by atoms with van der Waals surface area (Å²) in [4.78, 5) is 27.3. The molecule has 1 aromatic carbocycles. The number of amides is 1. The number of benzene rings is 1. The zero-order valence-corrected chi connectivity index (χ0v) is 15.8. The van der Waals surface area contributed by atoms with E-state index in [1.54, 1.807) is 22.9 Å². The van der Waals surface area contributed by atoms with Crippen molar-refractivity contribution in [1.82, 2.24) is 9.80 Å². The van der Waals surface area contributed by atoms with Crippen LogP contribution >= 0.6 is 0 Å². The zero-order valence-electron chi connectivity index (χ0n) is 15.8. The summed E-state index contributed by atoms with van der Waals surface area (Å²) >= 11 is 0. The van der Waals surface area contributed by atoms with Crippen LogP contribution in [0.4, 0.5) is 13.2 Å². The number of likely N-dealkylation sites (tertiary alicyclic amines) is 1. The number of carboxylic acids is 1. The fraction of sp³-hybridized carbons (Fsp3) is 0.600. The molecule has 8 heteroatoms. The SMILES string of the molecule is CN(CC(=O)O)[C@@H]1CCCN(C(=O)[C@H]2C[C@H]2c2ccccc2C(F)(F)F)CC1.